The predicted octanol–water partition coefficient (Wildman–Crippen LogP) is 6.31. The molecule has 0 heterocycles. The van der Waals surface area contributed by atoms with Crippen molar-refractivity contribution in [2.24, 2.45) is 0 Å². The van der Waals surface area contributed by atoms with Gasteiger partial charge in [0.2, 0.25) is 0 Å². The van der Waals surface area contributed by atoms with Crippen molar-refractivity contribution in [3.05, 3.63) is 96.6 Å². The van der Waals surface area contributed by atoms with Gasteiger partial charge >= 0.3 is 12.1 Å². The number of carboxylic acids is 1. The molecule has 6 nitrogen and oxygen atoms in total. The number of carbonyl (C=O) groups is 2. The number of amides is 1. The molecule has 0 saturated carbocycles. The molecule has 6 heteroatoms. The Labute approximate surface area is 193 Å². The molecule has 1 N–H and O–H groups in total. The zero-order chi connectivity index (χ0) is 23.5. The number of para-hydroxylation sites is 2. The molecular formula is C27H27NO5. The third-order valence-electron chi connectivity index (χ3n) is 4.79. The van der Waals surface area contributed by atoms with Crippen molar-refractivity contribution >= 4 is 29.5 Å². The molecular weight excluding hydrogens is 418 g/mol. The lowest BCUT2D eigenvalue weighted by molar-refractivity contribution is -0.145. The van der Waals surface area contributed by atoms with Crippen LogP contribution in [0.4, 0.5) is 16.2 Å². The van der Waals surface area contributed by atoms with Gasteiger partial charge in [0.05, 0.1) is 11.4 Å². The smallest absolute Gasteiger partial charge is 0.419 e. The van der Waals surface area contributed by atoms with Gasteiger partial charge in [-0.1, -0.05) is 68.0 Å². The second-order valence-electron chi connectivity index (χ2n) is 7.29. The summed E-state index contributed by atoms with van der Waals surface area (Å²) in [7, 11) is 0. The molecule has 0 saturated heterocycles. The number of ether oxygens (including phenoxy) is 2. The highest BCUT2D eigenvalue weighted by Crippen LogP contribution is 2.26. The summed E-state index contributed by atoms with van der Waals surface area (Å²) in [4.78, 5) is 25.7. The standard InChI is InChI=1S/C27H27NO5/c1-2-11-25(26(29)30)33-24-18-9-12-21(20-24)13-10-19-32-27(31)28(22-14-5-3-6-15-22)23-16-7-4-8-17-23/h3-10,12-18,20,25H,2,11,19H2,1H3,(H,29,30). The molecule has 1 unspecified atom stereocenters. The highest BCUT2D eigenvalue weighted by atomic mass is 16.6. The van der Waals surface area contributed by atoms with E-state index < -0.39 is 18.2 Å². The molecule has 1 atom stereocenters. The molecule has 3 rings (SSSR count). The predicted molar refractivity (Wildman–Crippen MR) is 129 cm³/mol. The maximum Gasteiger partial charge on any atom is 0.419 e. The number of carbonyl (C=O) groups excluding carboxylic acids is 1. The van der Waals surface area contributed by atoms with Crippen LogP contribution in [0.25, 0.3) is 6.08 Å². The summed E-state index contributed by atoms with van der Waals surface area (Å²) in [6.07, 6.45) is 3.31. The van der Waals surface area contributed by atoms with Crippen LogP contribution >= 0.6 is 0 Å². The van der Waals surface area contributed by atoms with Gasteiger partial charge in [-0.2, -0.15) is 0 Å². The van der Waals surface area contributed by atoms with Crippen molar-refractivity contribution < 1.29 is 24.2 Å². The van der Waals surface area contributed by atoms with E-state index in [0.29, 0.717) is 30.0 Å². The Morgan fingerprint density at radius 3 is 2.15 bits per heavy atom. The van der Waals surface area contributed by atoms with Crippen molar-refractivity contribution in [2.45, 2.75) is 25.9 Å². The molecule has 3 aromatic carbocycles. The molecule has 0 bridgehead atoms. The van der Waals surface area contributed by atoms with Gasteiger partial charge in [-0.05, 0) is 54.5 Å². The summed E-state index contributed by atoms with van der Waals surface area (Å²) in [6.45, 7) is 1.99. The van der Waals surface area contributed by atoms with E-state index in [2.05, 4.69) is 0 Å². The number of rotatable bonds is 10. The van der Waals surface area contributed by atoms with Gasteiger partial charge in [0, 0.05) is 0 Å². The lowest BCUT2D eigenvalue weighted by atomic mass is 10.2. The molecule has 0 spiro atoms. The summed E-state index contributed by atoms with van der Waals surface area (Å²) in [5.41, 5.74) is 2.23. The van der Waals surface area contributed by atoms with Crippen LogP contribution in [0.15, 0.2) is 91.0 Å². The van der Waals surface area contributed by atoms with Gasteiger partial charge in [0.15, 0.2) is 6.10 Å². The molecule has 170 valence electrons. The van der Waals surface area contributed by atoms with E-state index in [1.165, 1.54) is 4.90 Å². The second-order valence-corrected chi connectivity index (χ2v) is 7.29. The molecule has 0 radical (unpaired) electrons. The first-order chi connectivity index (χ1) is 16.1. The summed E-state index contributed by atoms with van der Waals surface area (Å²) in [5, 5.41) is 9.28. The van der Waals surface area contributed by atoms with Crippen molar-refractivity contribution in [1.82, 2.24) is 0 Å². The maximum absolute atomic E-state index is 12.9. The first kappa shape index (κ1) is 23.6. The fourth-order valence-electron chi connectivity index (χ4n) is 3.23. The Morgan fingerprint density at radius 1 is 0.939 bits per heavy atom. The first-order valence-electron chi connectivity index (χ1n) is 10.8. The minimum absolute atomic E-state index is 0.0771. The fraction of sp³-hybridized carbons (Fsp3) is 0.185. The lowest BCUT2D eigenvalue weighted by Gasteiger charge is -2.22. The van der Waals surface area contributed by atoms with E-state index in [4.69, 9.17) is 9.47 Å². The SMILES string of the molecule is CCCC(Oc1cccc(C=CCOC(=O)N(c2ccccc2)c2ccccc2)c1)C(=O)O. The molecule has 33 heavy (non-hydrogen) atoms. The van der Waals surface area contributed by atoms with Crippen LogP contribution in [0.1, 0.15) is 25.3 Å². The Morgan fingerprint density at radius 2 is 1.58 bits per heavy atom. The average molecular weight is 446 g/mol. The highest BCUT2D eigenvalue weighted by Gasteiger charge is 2.19. The summed E-state index contributed by atoms with van der Waals surface area (Å²) < 4.78 is 11.1. The van der Waals surface area contributed by atoms with E-state index >= 15 is 0 Å². The Bertz CT molecular complexity index is 1030. The van der Waals surface area contributed by atoms with Gasteiger partial charge in [-0.15, -0.1) is 0 Å². The van der Waals surface area contributed by atoms with E-state index in [1.54, 1.807) is 30.4 Å². The Balaban J connectivity index is 1.63. The van der Waals surface area contributed by atoms with Crippen LogP contribution in [0.3, 0.4) is 0 Å². The number of hydrogen-bond donors (Lipinski definition) is 1. The van der Waals surface area contributed by atoms with Crippen LogP contribution < -0.4 is 9.64 Å². The Kier molecular flexibility index (Phi) is 8.65. The molecule has 3 aromatic rings. The van der Waals surface area contributed by atoms with Gasteiger partial charge in [0.1, 0.15) is 12.4 Å². The van der Waals surface area contributed by atoms with E-state index in [-0.39, 0.29) is 6.61 Å². The minimum Gasteiger partial charge on any atom is -0.479 e. The fourth-order valence-corrected chi connectivity index (χ4v) is 3.23. The normalized spacial score (nSPS) is 11.7. The number of anilines is 2. The molecule has 0 fully saturated rings. The summed E-state index contributed by atoms with van der Waals surface area (Å²) in [6, 6.07) is 25.7. The van der Waals surface area contributed by atoms with Crippen LogP contribution in [-0.2, 0) is 9.53 Å². The molecule has 0 aliphatic heterocycles. The van der Waals surface area contributed by atoms with E-state index in [0.717, 1.165) is 5.56 Å². The molecule has 0 aliphatic carbocycles. The zero-order valence-corrected chi connectivity index (χ0v) is 18.5. The summed E-state index contributed by atoms with van der Waals surface area (Å²) >= 11 is 0. The van der Waals surface area contributed by atoms with Gasteiger partial charge in [0.25, 0.3) is 0 Å². The monoisotopic (exact) mass is 445 g/mol. The Hall–Kier alpha value is -4.06. The number of carboxylic acid groups (broad SMARTS) is 1. The molecule has 1 amide bonds. The molecule has 0 aromatic heterocycles. The summed E-state index contributed by atoms with van der Waals surface area (Å²) in [5.74, 6) is -0.500. The third kappa shape index (κ3) is 6.97. The van der Waals surface area contributed by atoms with Crippen LogP contribution in [-0.4, -0.2) is 29.9 Å². The minimum atomic E-state index is -0.980. The van der Waals surface area contributed by atoms with Crippen LogP contribution in [0.5, 0.6) is 5.75 Å². The van der Waals surface area contributed by atoms with E-state index in [9.17, 15) is 14.7 Å². The zero-order valence-electron chi connectivity index (χ0n) is 18.5. The van der Waals surface area contributed by atoms with E-state index in [1.807, 2.05) is 73.7 Å². The van der Waals surface area contributed by atoms with Crippen molar-refractivity contribution in [2.75, 3.05) is 11.5 Å². The maximum atomic E-state index is 12.9. The lowest BCUT2D eigenvalue weighted by Crippen LogP contribution is -2.26. The van der Waals surface area contributed by atoms with Gasteiger partial charge < -0.3 is 14.6 Å². The largest absolute Gasteiger partial charge is 0.479 e. The number of nitrogens with zero attached hydrogens (tertiary/aromatic N) is 1. The number of hydrogen-bond acceptors (Lipinski definition) is 4. The van der Waals surface area contributed by atoms with Crippen molar-refractivity contribution in [1.29, 1.82) is 0 Å². The topological polar surface area (TPSA) is 76.1 Å². The van der Waals surface area contributed by atoms with Gasteiger partial charge in [-0.25, -0.2) is 14.5 Å². The quantitative estimate of drug-likeness (QED) is 0.396. The molecule has 0 aliphatic rings. The van der Waals surface area contributed by atoms with Crippen molar-refractivity contribution in [3.8, 4) is 5.75 Å². The number of aliphatic carboxylic acids is 1. The average Bonchev–Trinajstić information content (AvgIpc) is 2.83. The van der Waals surface area contributed by atoms with Crippen LogP contribution in [0.2, 0.25) is 0 Å². The third-order valence-corrected chi connectivity index (χ3v) is 4.79. The first-order valence-corrected chi connectivity index (χ1v) is 10.8. The highest BCUT2D eigenvalue weighted by molar-refractivity contribution is 5.95. The van der Waals surface area contributed by atoms with Gasteiger partial charge in [-0.3, -0.25) is 0 Å². The van der Waals surface area contributed by atoms with Crippen LogP contribution in [0, 0.1) is 0 Å². The second kappa shape index (κ2) is 12.1. The van der Waals surface area contributed by atoms with Crippen molar-refractivity contribution in [3.63, 3.8) is 0 Å². The number of benzene rings is 3.